The molecule has 0 aliphatic heterocycles. The van der Waals surface area contributed by atoms with Gasteiger partial charge in [-0.3, -0.25) is 0 Å². The van der Waals surface area contributed by atoms with E-state index in [1.165, 1.54) is 0 Å². The predicted molar refractivity (Wildman–Crippen MR) is 30.5 cm³/mol. The van der Waals surface area contributed by atoms with Crippen molar-refractivity contribution < 1.29 is 55.9 Å². The van der Waals surface area contributed by atoms with Crippen LogP contribution in [-0.4, -0.2) is 11.9 Å². The molecule has 0 fully saturated rings. The Labute approximate surface area is 92.7 Å². The minimum absolute atomic E-state index is 0. The zero-order valence-electron chi connectivity index (χ0n) is 6.41. The van der Waals surface area contributed by atoms with Gasteiger partial charge in [0.15, 0.2) is 0 Å². The first kappa shape index (κ1) is 18.1. The molecular weight excluding hydrogens is 286 g/mol. The topological polar surface area (TPSA) is 80.3 Å². The maximum absolute atomic E-state index is 10.6. The number of carbonyl (C=O) groups excluding carboxylic acids is 2. The molecule has 0 saturated carbocycles. The van der Waals surface area contributed by atoms with E-state index in [0.717, 1.165) is 0 Å². The van der Waals surface area contributed by atoms with E-state index in [0.29, 0.717) is 12.2 Å². The smallest absolute Gasteiger partial charge is 0.545 e. The second kappa shape index (κ2) is 13.8. The van der Waals surface area contributed by atoms with Crippen molar-refractivity contribution in [3.8, 4) is 0 Å². The van der Waals surface area contributed by atoms with Crippen LogP contribution in [0.2, 0.25) is 0 Å². The summed E-state index contributed by atoms with van der Waals surface area (Å²) in [7, 11) is 0. The molecule has 68 valence electrons. The normalized spacial score (nSPS) is 8.77. The number of carbonyl (C=O) groups is 2. The summed E-state index contributed by atoms with van der Waals surface area (Å²) < 4.78 is 21.3. The maximum Gasteiger partial charge on any atom is 2.00 e. The Morgan fingerprint density at radius 2 is 1.15 bits per heavy atom. The molecule has 0 heterocycles. The molecule has 0 unspecified atom stereocenters. The summed E-state index contributed by atoms with van der Waals surface area (Å²) in [6, 6.07) is 0. The molecule has 0 atom stereocenters. The van der Waals surface area contributed by atoms with E-state index < -0.39 is 11.9 Å². The Morgan fingerprint density at radius 3 is 1.15 bits per heavy atom. The van der Waals surface area contributed by atoms with Crippen LogP contribution in [-0.2, 0) is 36.9 Å². The van der Waals surface area contributed by atoms with E-state index in [1.807, 2.05) is 0 Å². The zero-order chi connectivity index (χ0) is 9.98. The molecule has 0 aliphatic rings. The number of halogens is 2. The van der Waals surface area contributed by atoms with Crippen LogP contribution in [0.1, 0.15) is 0 Å². The molecule has 0 aliphatic carbocycles. The van der Waals surface area contributed by atoms with Crippen molar-refractivity contribution in [3.05, 3.63) is 24.8 Å². The van der Waals surface area contributed by atoms with Gasteiger partial charge in [0.25, 0.3) is 0 Å². The Kier molecular flexibility index (Phi) is 19.2. The number of hydrogen-bond acceptors (Lipinski definition) is 4. The fraction of sp³-hybridized carbons (Fsp3) is 0. The van der Waals surface area contributed by atoms with Gasteiger partial charge in [-0.15, -0.1) is 0 Å². The van der Waals surface area contributed by atoms with Gasteiger partial charge in [-0.2, -0.15) is 0 Å². The number of hydrogen-bond donors (Lipinski definition) is 0. The first-order chi connectivity index (χ1) is 5.54. The van der Waals surface area contributed by atoms with Crippen LogP contribution >= 0.6 is 0 Å². The van der Waals surface area contributed by atoms with E-state index in [-0.39, 0.29) is 40.0 Å². The third-order valence-corrected chi connectivity index (χ3v) is 0.398. The molecule has 0 spiro atoms. The standard InChI is InChI=1S/2C3H3FO2.Cd/c2*4-2-1-3(5)6;/h2*1-2H,(H,5,6);/q;;+2/p-2/b2*2-1+;. The molecule has 0 radical (unpaired) electrons. The Hall–Kier alpha value is -0.798. The zero-order valence-corrected chi connectivity index (χ0v) is 10.4. The molecule has 4 nitrogen and oxygen atoms in total. The van der Waals surface area contributed by atoms with Crippen molar-refractivity contribution in [2.45, 2.75) is 0 Å². The molecule has 0 rings (SSSR count). The van der Waals surface area contributed by atoms with Gasteiger partial charge in [0, 0.05) is 0 Å². The van der Waals surface area contributed by atoms with Gasteiger partial charge >= 0.3 is 27.3 Å². The molecule has 0 N–H and O–H groups in total. The van der Waals surface area contributed by atoms with Crippen molar-refractivity contribution in [2.75, 3.05) is 0 Å². The molecule has 0 saturated heterocycles. The minimum atomic E-state index is -1.52. The van der Waals surface area contributed by atoms with Crippen molar-refractivity contribution in [1.82, 2.24) is 0 Å². The summed E-state index contributed by atoms with van der Waals surface area (Å²) in [5.41, 5.74) is 0. The van der Waals surface area contributed by atoms with Crippen molar-refractivity contribution in [3.63, 3.8) is 0 Å². The maximum atomic E-state index is 10.6. The first-order valence-corrected chi connectivity index (χ1v) is 2.50. The number of aliphatic carboxylic acids is 2. The molecule has 0 aromatic heterocycles. The third kappa shape index (κ3) is 35.1. The summed E-state index contributed by atoms with van der Waals surface area (Å²) in [6.07, 6.45) is 0.435. The molecular formula is C6H4CdF2O4. The van der Waals surface area contributed by atoms with E-state index in [9.17, 15) is 8.78 Å². The van der Waals surface area contributed by atoms with E-state index >= 15 is 0 Å². The van der Waals surface area contributed by atoms with Crippen LogP contribution in [0.5, 0.6) is 0 Å². The van der Waals surface area contributed by atoms with Gasteiger partial charge in [-0.25, -0.2) is 8.78 Å². The Bertz CT molecular complexity index is 181. The van der Waals surface area contributed by atoms with E-state index in [4.69, 9.17) is 19.8 Å². The minimum Gasteiger partial charge on any atom is -0.545 e. The quantitative estimate of drug-likeness (QED) is 0.455. The first-order valence-electron chi connectivity index (χ1n) is 2.50. The van der Waals surface area contributed by atoms with Gasteiger partial charge in [-0.1, -0.05) is 0 Å². The molecule has 0 aromatic rings. The van der Waals surface area contributed by atoms with Gasteiger partial charge in [0.1, 0.15) is 0 Å². The molecule has 7 heteroatoms. The molecule has 0 bridgehead atoms. The van der Waals surface area contributed by atoms with Crippen LogP contribution in [0.15, 0.2) is 24.8 Å². The van der Waals surface area contributed by atoms with Crippen LogP contribution in [0, 0.1) is 0 Å². The van der Waals surface area contributed by atoms with Crippen molar-refractivity contribution in [1.29, 1.82) is 0 Å². The van der Waals surface area contributed by atoms with Crippen LogP contribution in [0.4, 0.5) is 8.78 Å². The number of carboxylic acid groups (broad SMARTS) is 2. The van der Waals surface area contributed by atoms with Gasteiger partial charge in [0.2, 0.25) is 0 Å². The second-order valence-corrected chi connectivity index (χ2v) is 1.22. The number of rotatable bonds is 2. The molecule has 13 heavy (non-hydrogen) atoms. The average Bonchev–Trinajstić information content (AvgIpc) is 1.87. The van der Waals surface area contributed by atoms with E-state index in [1.54, 1.807) is 0 Å². The average molecular weight is 291 g/mol. The third-order valence-electron chi connectivity index (χ3n) is 0.398. The Balaban J connectivity index is -0.000000143. The van der Waals surface area contributed by atoms with Crippen molar-refractivity contribution >= 4 is 11.9 Å². The summed E-state index contributed by atoms with van der Waals surface area (Å²) >= 11 is 0. The van der Waals surface area contributed by atoms with Gasteiger partial charge < -0.3 is 19.8 Å². The SMILES string of the molecule is O=C([O-])/C=C/F.O=C([O-])/C=C/F.[Cd+2]. The summed E-state index contributed by atoms with van der Waals surface area (Å²) in [5.74, 6) is -3.03. The summed E-state index contributed by atoms with van der Waals surface area (Å²) in [4.78, 5) is 18.3. The van der Waals surface area contributed by atoms with Crippen LogP contribution in [0.3, 0.4) is 0 Å². The van der Waals surface area contributed by atoms with E-state index in [2.05, 4.69) is 0 Å². The second-order valence-electron chi connectivity index (χ2n) is 1.22. The fourth-order valence-corrected chi connectivity index (χ4v) is 0.103. The fourth-order valence-electron chi connectivity index (χ4n) is 0.103. The van der Waals surface area contributed by atoms with Crippen molar-refractivity contribution in [2.24, 2.45) is 0 Å². The Morgan fingerprint density at radius 1 is 0.923 bits per heavy atom. The number of carboxylic acids is 2. The molecule has 0 amide bonds. The van der Waals surface area contributed by atoms with Gasteiger partial charge in [-0.05, 0) is 12.2 Å². The largest absolute Gasteiger partial charge is 2.00 e. The summed E-state index contributed by atoms with van der Waals surface area (Å²) in [6.45, 7) is 0. The summed E-state index contributed by atoms with van der Waals surface area (Å²) in [5, 5.41) is 18.3. The van der Waals surface area contributed by atoms with Gasteiger partial charge in [0.05, 0.1) is 24.6 Å². The monoisotopic (exact) mass is 292 g/mol. The molecule has 0 aromatic carbocycles. The van der Waals surface area contributed by atoms with Crippen LogP contribution < -0.4 is 10.2 Å². The predicted octanol–water partition coefficient (Wildman–Crippen LogP) is -1.56. The van der Waals surface area contributed by atoms with Crippen LogP contribution in [0.25, 0.3) is 0 Å².